The van der Waals surface area contributed by atoms with E-state index in [0.29, 0.717) is 32.7 Å². The SMILES string of the molecule is COc1ccc(Cl)cc1-c1ccc(NC(=O)c2ccc(Cl)cc2)nc1N. The van der Waals surface area contributed by atoms with Crippen molar-refractivity contribution in [1.29, 1.82) is 0 Å². The molecule has 0 bridgehead atoms. The van der Waals surface area contributed by atoms with Gasteiger partial charge in [0.25, 0.3) is 5.91 Å². The number of methoxy groups -OCH3 is 1. The Morgan fingerprint density at radius 3 is 2.35 bits per heavy atom. The van der Waals surface area contributed by atoms with Crippen molar-refractivity contribution in [3.63, 3.8) is 0 Å². The fourth-order valence-electron chi connectivity index (χ4n) is 2.45. The summed E-state index contributed by atoms with van der Waals surface area (Å²) in [5.41, 5.74) is 7.93. The van der Waals surface area contributed by atoms with E-state index in [-0.39, 0.29) is 11.7 Å². The molecule has 3 N–H and O–H groups in total. The van der Waals surface area contributed by atoms with Crippen molar-refractivity contribution < 1.29 is 9.53 Å². The van der Waals surface area contributed by atoms with E-state index in [9.17, 15) is 4.79 Å². The third-order valence-corrected chi connectivity index (χ3v) is 4.21. The maximum Gasteiger partial charge on any atom is 0.256 e. The summed E-state index contributed by atoms with van der Waals surface area (Å²) in [5, 5.41) is 3.82. The largest absolute Gasteiger partial charge is 0.496 e. The van der Waals surface area contributed by atoms with Crippen LogP contribution in [-0.4, -0.2) is 18.0 Å². The zero-order valence-electron chi connectivity index (χ0n) is 13.8. The van der Waals surface area contributed by atoms with E-state index in [2.05, 4.69) is 10.3 Å². The van der Waals surface area contributed by atoms with Crippen molar-refractivity contribution in [2.24, 2.45) is 0 Å². The number of rotatable bonds is 4. The van der Waals surface area contributed by atoms with Gasteiger partial charge in [-0.2, -0.15) is 0 Å². The number of amides is 1. The predicted octanol–water partition coefficient (Wildman–Crippen LogP) is 4.90. The van der Waals surface area contributed by atoms with Crippen LogP contribution in [0.25, 0.3) is 11.1 Å². The molecule has 0 unspecified atom stereocenters. The van der Waals surface area contributed by atoms with Gasteiger partial charge in [0, 0.05) is 26.7 Å². The molecule has 0 saturated carbocycles. The Morgan fingerprint density at radius 1 is 1.00 bits per heavy atom. The molecule has 7 heteroatoms. The first kappa shape index (κ1) is 18.0. The van der Waals surface area contributed by atoms with Crippen molar-refractivity contribution in [3.8, 4) is 16.9 Å². The number of benzene rings is 2. The van der Waals surface area contributed by atoms with Crippen LogP contribution >= 0.6 is 23.2 Å². The Bertz CT molecular complexity index is 959. The molecular formula is C19H15Cl2N3O2. The minimum atomic E-state index is -0.304. The van der Waals surface area contributed by atoms with Gasteiger partial charge in [-0.1, -0.05) is 23.2 Å². The van der Waals surface area contributed by atoms with Gasteiger partial charge in [0.15, 0.2) is 0 Å². The number of carbonyl (C=O) groups excluding carboxylic acids is 1. The number of carbonyl (C=O) groups is 1. The van der Waals surface area contributed by atoms with Crippen LogP contribution in [0.2, 0.25) is 10.0 Å². The molecule has 1 amide bonds. The molecule has 0 aliphatic carbocycles. The van der Waals surface area contributed by atoms with Crippen LogP contribution in [0.15, 0.2) is 54.6 Å². The molecule has 3 aromatic rings. The fourth-order valence-corrected chi connectivity index (χ4v) is 2.75. The maximum atomic E-state index is 12.3. The summed E-state index contributed by atoms with van der Waals surface area (Å²) < 4.78 is 5.35. The molecule has 1 aromatic heterocycles. The minimum Gasteiger partial charge on any atom is -0.496 e. The average Bonchev–Trinajstić information content (AvgIpc) is 2.62. The molecule has 0 atom stereocenters. The van der Waals surface area contributed by atoms with Gasteiger partial charge >= 0.3 is 0 Å². The second-order valence-corrected chi connectivity index (χ2v) is 6.31. The summed E-state index contributed by atoms with van der Waals surface area (Å²) in [6, 6.07) is 15.2. The van der Waals surface area contributed by atoms with Crippen LogP contribution < -0.4 is 15.8 Å². The third kappa shape index (κ3) is 3.90. The van der Waals surface area contributed by atoms with Gasteiger partial charge in [-0.3, -0.25) is 4.79 Å². The first-order valence-corrected chi connectivity index (χ1v) is 8.41. The van der Waals surface area contributed by atoms with Crippen molar-refractivity contribution in [3.05, 3.63) is 70.2 Å². The van der Waals surface area contributed by atoms with Gasteiger partial charge in [0.2, 0.25) is 0 Å². The quantitative estimate of drug-likeness (QED) is 0.667. The average molecular weight is 388 g/mol. The topological polar surface area (TPSA) is 77.2 Å². The van der Waals surface area contributed by atoms with Gasteiger partial charge < -0.3 is 15.8 Å². The number of anilines is 2. The highest BCUT2D eigenvalue weighted by molar-refractivity contribution is 6.31. The van der Waals surface area contributed by atoms with E-state index in [1.165, 1.54) is 0 Å². The van der Waals surface area contributed by atoms with Crippen LogP contribution in [0.4, 0.5) is 11.6 Å². The highest BCUT2D eigenvalue weighted by Gasteiger charge is 2.13. The maximum absolute atomic E-state index is 12.3. The zero-order chi connectivity index (χ0) is 18.7. The lowest BCUT2D eigenvalue weighted by Crippen LogP contribution is -2.13. The van der Waals surface area contributed by atoms with Crippen molar-refractivity contribution in [2.75, 3.05) is 18.2 Å². The van der Waals surface area contributed by atoms with Crippen LogP contribution in [0.1, 0.15) is 10.4 Å². The lowest BCUT2D eigenvalue weighted by atomic mass is 10.1. The monoisotopic (exact) mass is 387 g/mol. The lowest BCUT2D eigenvalue weighted by molar-refractivity contribution is 0.102. The van der Waals surface area contributed by atoms with Gasteiger partial charge in [-0.05, 0) is 54.6 Å². The number of pyridine rings is 1. The Morgan fingerprint density at radius 2 is 1.69 bits per heavy atom. The Balaban J connectivity index is 1.87. The molecule has 5 nitrogen and oxygen atoms in total. The number of nitrogens with one attached hydrogen (secondary N) is 1. The smallest absolute Gasteiger partial charge is 0.256 e. The van der Waals surface area contributed by atoms with Crippen LogP contribution in [0.3, 0.4) is 0 Å². The number of aromatic nitrogens is 1. The van der Waals surface area contributed by atoms with Crippen molar-refractivity contribution in [2.45, 2.75) is 0 Å². The minimum absolute atomic E-state index is 0.250. The molecule has 132 valence electrons. The summed E-state index contributed by atoms with van der Waals surface area (Å²) in [7, 11) is 1.57. The van der Waals surface area contributed by atoms with E-state index in [1.54, 1.807) is 61.7 Å². The van der Waals surface area contributed by atoms with Gasteiger partial charge in [-0.25, -0.2) is 4.98 Å². The first-order valence-electron chi connectivity index (χ1n) is 7.65. The number of nitrogen functional groups attached to an aromatic ring is 1. The molecule has 0 aliphatic heterocycles. The number of nitrogens with zero attached hydrogens (tertiary/aromatic N) is 1. The number of ether oxygens (including phenoxy) is 1. The molecule has 0 aliphatic rings. The Hall–Kier alpha value is -2.76. The first-order chi connectivity index (χ1) is 12.5. The zero-order valence-corrected chi connectivity index (χ0v) is 15.3. The number of nitrogens with two attached hydrogens (primary N) is 1. The Kier molecular flexibility index (Phi) is 5.30. The summed E-state index contributed by atoms with van der Waals surface area (Å²) in [6.45, 7) is 0. The van der Waals surface area contributed by atoms with E-state index >= 15 is 0 Å². The van der Waals surface area contributed by atoms with Crippen LogP contribution in [-0.2, 0) is 0 Å². The highest BCUT2D eigenvalue weighted by atomic mass is 35.5. The second kappa shape index (κ2) is 7.64. The van der Waals surface area contributed by atoms with Crippen LogP contribution in [0, 0.1) is 0 Å². The predicted molar refractivity (Wildman–Crippen MR) is 105 cm³/mol. The van der Waals surface area contributed by atoms with Crippen LogP contribution in [0.5, 0.6) is 5.75 Å². The molecule has 0 saturated heterocycles. The lowest BCUT2D eigenvalue weighted by Gasteiger charge is -2.12. The molecule has 3 rings (SSSR count). The molecule has 0 spiro atoms. The number of hydrogen-bond acceptors (Lipinski definition) is 4. The van der Waals surface area contributed by atoms with Crippen molar-refractivity contribution in [1.82, 2.24) is 4.98 Å². The van der Waals surface area contributed by atoms with Gasteiger partial charge in [0.1, 0.15) is 17.4 Å². The van der Waals surface area contributed by atoms with E-state index in [0.717, 1.165) is 5.56 Å². The molecule has 0 radical (unpaired) electrons. The summed E-state index contributed by atoms with van der Waals surface area (Å²) >= 11 is 11.9. The second-order valence-electron chi connectivity index (χ2n) is 5.43. The number of hydrogen-bond donors (Lipinski definition) is 2. The fraction of sp³-hybridized carbons (Fsp3) is 0.0526. The highest BCUT2D eigenvalue weighted by Crippen LogP contribution is 2.35. The molecule has 0 fully saturated rings. The summed E-state index contributed by atoms with van der Waals surface area (Å²) in [5.74, 6) is 0.911. The normalized spacial score (nSPS) is 10.4. The molecule has 1 heterocycles. The summed E-state index contributed by atoms with van der Waals surface area (Å²) in [4.78, 5) is 16.5. The third-order valence-electron chi connectivity index (χ3n) is 3.72. The molecule has 2 aromatic carbocycles. The van der Waals surface area contributed by atoms with E-state index < -0.39 is 0 Å². The standard InChI is InChI=1S/C19H15Cl2N3O2/c1-26-16-8-6-13(21)10-15(16)14-7-9-17(23-18(14)22)24-19(25)11-2-4-12(20)5-3-11/h2-10H,1H3,(H3,22,23,24,25). The Labute approximate surface area is 160 Å². The van der Waals surface area contributed by atoms with E-state index in [1.807, 2.05) is 0 Å². The van der Waals surface area contributed by atoms with Crippen molar-refractivity contribution >= 4 is 40.7 Å². The molecular weight excluding hydrogens is 373 g/mol. The van der Waals surface area contributed by atoms with E-state index in [4.69, 9.17) is 33.7 Å². The molecule has 26 heavy (non-hydrogen) atoms. The van der Waals surface area contributed by atoms with Gasteiger partial charge in [-0.15, -0.1) is 0 Å². The summed E-state index contributed by atoms with van der Waals surface area (Å²) in [6.07, 6.45) is 0. The van der Waals surface area contributed by atoms with Gasteiger partial charge in [0.05, 0.1) is 7.11 Å². The number of halogens is 2.